The van der Waals surface area contributed by atoms with Gasteiger partial charge in [-0.05, 0) is 24.6 Å². The van der Waals surface area contributed by atoms with Crippen molar-refractivity contribution >= 4 is 23.5 Å². The molecule has 0 radical (unpaired) electrons. The summed E-state index contributed by atoms with van der Waals surface area (Å²) in [6, 6.07) is 7.17. The number of benzene rings is 1. The van der Waals surface area contributed by atoms with Crippen molar-refractivity contribution in [3.8, 4) is 16.9 Å². The van der Waals surface area contributed by atoms with Gasteiger partial charge in [0.1, 0.15) is 5.92 Å². The van der Waals surface area contributed by atoms with Crippen molar-refractivity contribution in [3.63, 3.8) is 0 Å². The number of carbonyl (C=O) groups is 2. The van der Waals surface area contributed by atoms with E-state index < -0.39 is 11.9 Å². The summed E-state index contributed by atoms with van der Waals surface area (Å²) in [6.07, 6.45) is 1.52. The van der Waals surface area contributed by atoms with Crippen LogP contribution in [0.25, 0.3) is 11.1 Å². The van der Waals surface area contributed by atoms with Crippen LogP contribution in [0.1, 0.15) is 16.1 Å². The molecular formula is C17H15ClN2O4. The molecule has 0 aliphatic carbocycles. The van der Waals surface area contributed by atoms with Gasteiger partial charge < -0.3 is 15.2 Å². The Labute approximate surface area is 143 Å². The minimum Gasteiger partial charge on any atom is -0.423 e. The smallest absolute Gasteiger partial charge is 0.319 e. The highest BCUT2D eigenvalue weighted by molar-refractivity contribution is 6.30. The van der Waals surface area contributed by atoms with Crippen LogP contribution in [0.5, 0.6) is 5.75 Å². The maximum Gasteiger partial charge on any atom is 0.319 e. The first-order valence-electron chi connectivity index (χ1n) is 7.32. The van der Waals surface area contributed by atoms with E-state index in [1.165, 1.54) is 6.20 Å². The van der Waals surface area contributed by atoms with E-state index in [0.717, 1.165) is 5.56 Å². The van der Waals surface area contributed by atoms with Crippen LogP contribution in [0.3, 0.4) is 0 Å². The zero-order chi connectivity index (χ0) is 17.3. The van der Waals surface area contributed by atoms with Gasteiger partial charge in [0.15, 0.2) is 11.4 Å². The first-order valence-corrected chi connectivity index (χ1v) is 7.70. The van der Waals surface area contributed by atoms with Crippen molar-refractivity contribution in [1.29, 1.82) is 0 Å². The van der Waals surface area contributed by atoms with E-state index >= 15 is 0 Å². The summed E-state index contributed by atoms with van der Waals surface area (Å²) in [6.45, 7) is 2.36. The molecule has 0 atom stereocenters. The van der Waals surface area contributed by atoms with Crippen LogP contribution < -0.4 is 10.5 Å². The highest BCUT2D eigenvalue weighted by Crippen LogP contribution is 2.33. The van der Waals surface area contributed by atoms with Gasteiger partial charge in [0.05, 0.1) is 13.2 Å². The normalized spacial score (nSPS) is 14.1. The molecule has 24 heavy (non-hydrogen) atoms. The van der Waals surface area contributed by atoms with E-state index in [0.29, 0.717) is 29.4 Å². The molecule has 2 heterocycles. The maximum atomic E-state index is 12.1. The van der Waals surface area contributed by atoms with Crippen LogP contribution in [0.2, 0.25) is 5.02 Å². The lowest BCUT2D eigenvalue weighted by molar-refractivity contribution is -0.153. The predicted octanol–water partition coefficient (Wildman–Crippen LogP) is 2.36. The molecule has 0 spiro atoms. The number of nitrogens with zero attached hydrogens (tertiary/aromatic N) is 1. The summed E-state index contributed by atoms with van der Waals surface area (Å²) in [5, 5.41) is 0.566. The number of esters is 1. The minimum atomic E-state index is -0.761. The lowest BCUT2D eigenvalue weighted by Crippen LogP contribution is -2.37. The molecule has 2 N–H and O–H groups in total. The second-order valence-corrected chi connectivity index (χ2v) is 5.94. The summed E-state index contributed by atoms with van der Waals surface area (Å²) >= 11 is 6.03. The predicted molar refractivity (Wildman–Crippen MR) is 87.9 cm³/mol. The summed E-state index contributed by atoms with van der Waals surface area (Å²) in [7, 11) is 0. The Morgan fingerprint density at radius 2 is 2.12 bits per heavy atom. The number of halogens is 1. The SMILES string of the molecule is Cc1c(-c2cccc(Cl)c2)cnc(C(N)=O)c1OC(=O)C1COC1. The van der Waals surface area contributed by atoms with Gasteiger partial charge >= 0.3 is 5.97 Å². The van der Waals surface area contributed by atoms with Crippen molar-refractivity contribution in [2.45, 2.75) is 6.92 Å². The van der Waals surface area contributed by atoms with Gasteiger partial charge in [0, 0.05) is 22.3 Å². The molecule has 1 fully saturated rings. The summed E-state index contributed by atoms with van der Waals surface area (Å²) < 4.78 is 10.4. The fraction of sp³-hybridized carbons (Fsp3) is 0.235. The van der Waals surface area contributed by atoms with E-state index in [-0.39, 0.29) is 17.4 Å². The number of primary amides is 1. The topological polar surface area (TPSA) is 91.5 Å². The Balaban J connectivity index is 2.05. The Morgan fingerprint density at radius 3 is 2.71 bits per heavy atom. The molecule has 0 saturated carbocycles. The third kappa shape index (κ3) is 3.11. The number of aromatic nitrogens is 1. The zero-order valence-electron chi connectivity index (χ0n) is 12.9. The number of rotatable bonds is 4. The van der Waals surface area contributed by atoms with Crippen LogP contribution in [-0.4, -0.2) is 30.1 Å². The molecule has 1 aromatic heterocycles. The molecule has 1 aliphatic heterocycles. The van der Waals surface area contributed by atoms with E-state index in [2.05, 4.69) is 4.98 Å². The van der Waals surface area contributed by atoms with Crippen molar-refractivity contribution in [1.82, 2.24) is 4.98 Å². The van der Waals surface area contributed by atoms with Crippen LogP contribution >= 0.6 is 11.6 Å². The molecule has 1 amide bonds. The molecule has 1 aliphatic rings. The van der Waals surface area contributed by atoms with E-state index in [1.54, 1.807) is 25.1 Å². The number of carbonyl (C=O) groups excluding carboxylic acids is 2. The number of amides is 1. The number of hydrogen-bond donors (Lipinski definition) is 1. The average Bonchev–Trinajstić information content (AvgIpc) is 2.47. The number of ether oxygens (including phenoxy) is 2. The van der Waals surface area contributed by atoms with Gasteiger partial charge in [-0.3, -0.25) is 9.59 Å². The first-order chi connectivity index (χ1) is 11.5. The molecular weight excluding hydrogens is 332 g/mol. The lowest BCUT2D eigenvalue weighted by Gasteiger charge is -2.24. The summed E-state index contributed by atoms with van der Waals surface area (Å²) in [4.78, 5) is 27.8. The molecule has 2 aromatic rings. The highest BCUT2D eigenvalue weighted by Gasteiger charge is 2.30. The van der Waals surface area contributed by atoms with Crippen molar-refractivity contribution in [2.24, 2.45) is 11.7 Å². The third-order valence-electron chi connectivity index (χ3n) is 3.83. The van der Waals surface area contributed by atoms with Gasteiger partial charge in [0.25, 0.3) is 5.91 Å². The molecule has 0 unspecified atom stereocenters. The fourth-order valence-corrected chi connectivity index (χ4v) is 2.58. The molecule has 1 saturated heterocycles. The Bertz CT molecular complexity index is 818. The van der Waals surface area contributed by atoms with Gasteiger partial charge in [-0.15, -0.1) is 0 Å². The third-order valence-corrected chi connectivity index (χ3v) is 4.06. The molecule has 1 aromatic carbocycles. The number of pyridine rings is 1. The second-order valence-electron chi connectivity index (χ2n) is 5.50. The van der Waals surface area contributed by atoms with Crippen LogP contribution in [-0.2, 0) is 9.53 Å². The van der Waals surface area contributed by atoms with E-state index in [1.807, 2.05) is 6.07 Å². The maximum absolute atomic E-state index is 12.1. The average molecular weight is 347 g/mol. The molecule has 3 rings (SSSR count). The van der Waals surface area contributed by atoms with E-state index in [9.17, 15) is 9.59 Å². The minimum absolute atomic E-state index is 0.0770. The molecule has 124 valence electrons. The Kier molecular flexibility index (Phi) is 4.51. The van der Waals surface area contributed by atoms with Crippen molar-refractivity contribution in [3.05, 3.63) is 46.7 Å². The Morgan fingerprint density at radius 1 is 1.38 bits per heavy atom. The van der Waals surface area contributed by atoms with Crippen LogP contribution in [0, 0.1) is 12.8 Å². The molecule has 6 nitrogen and oxygen atoms in total. The van der Waals surface area contributed by atoms with Crippen molar-refractivity contribution in [2.75, 3.05) is 13.2 Å². The number of nitrogens with two attached hydrogens (primary N) is 1. The van der Waals surface area contributed by atoms with Crippen LogP contribution in [0.4, 0.5) is 0 Å². The van der Waals surface area contributed by atoms with E-state index in [4.69, 9.17) is 26.8 Å². The molecule has 7 heteroatoms. The van der Waals surface area contributed by atoms with Gasteiger partial charge in [0.2, 0.25) is 0 Å². The highest BCUT2D eigenvalue weighted by atomic mass is 35.5. The van der Waals surface area contributed by atoms with Gasteiger partial charge in [-0.1, -0.05) is 23.7 Å². The quantitative estimate of drug-likeness (QED) is 0.858. The first kappa shape index (κ1) is 16.4. The summed E-state index contributed by atoms with van der Waals surface area (Å²) in [5.74, 6) is -1.47. The summed E-state index contributed by atoms with van der Waals surface area (Å²) in [5.41, 5.74) is 7.37. The fourth-order valence-electron chi connectivity index (χ4n) is 2.39. The standard InChI is InChI=1S/C17H15ClN2O4/c1-9-13(10-3-2-4-12(18)5-10)6-20-14(16(19)21)15(9)24-17(22)11-7-23-8-11/h2-6,11H,7-8H2,1H3,(H2,19,21). The van der Waals surface area contributed by atoms with Crippen molar-refractivity contribution < 1.29 is 19.1 Å². The zero-order valence-corrected chi connectivity index (χ0v) is 13.7. The monoisotopic (exact) mass is 346 g/mol. The second kappa shape index (κ2) is 6.59. The molecule has 0 bridgehead atoms. The Hall–Kier alpha value is -2.44. The van der Waals surface area contributed by atoms with Gasteiger partial charge in [-0.2, -0.15) is 0 Å². The lowest BCUT2D eigenvalue weighted by atomic mass is 10.0. The number of hydrogen-bond acceptors (Lipinski definition) is 5. The van der Waals surface area contributed by atoms with Gasteiger partial charge in [-0.25, -0.2) is 4.98 Å². The largest absolute Gasteiger partial charge is 0.423 e. The van der Waals surface area contributed by atoms with Crippen LogP contribution in [0.15, 0.2) is 30.5 Å².